The summed E-state index contributed by atoms with van der Waals surface area (Å²) < 4.78 is 0. The molecule has 0 bridgehead atoms. The van der Waals surface area contributed by atoms with Crippen LogP contribution in [0.4, 0.5) is 0 Å². The number of halogens is 1. The molecule has 0 aliphatic carbocycles. The number of thioether (sulfide) groups is 1. The Balaban J connectivity index is 1.94. The molecule has 1 aliphatic rings. The fraction of sp³-hybridized carbons (Fsp3) is 0.600. The summed E-state index contributed by atoms with van der Waals surface area (Å²) in [4.78, 5) is 0. The summed E-state index contributed by atoms with van der Waals surface area (Å²) in [5.41, 5.74) is 1.77. The van der Waals surface area contributed by atoms with Crippen molar-refractivity contribution in [3.05, 3.63) is 34.9 Å². The Morgan fingerprint density at radius 3 is 2.61 bits per heavy atom. The molecule has 18 heavy (non-hydrogen) atoms. The Bertz CT molecular complexity index is 388. The van der Waals surface area contributed by atoms with E-state index in [0.29, 0.717) is 17.5 Å². The summed E-state index contributed by atoms with van der Waals surface area (Å²) in [6, 6.07) is 9.16. The summed E-state index contributed by atoms with van der Waals surface area (Å²) in [7, 11) is 0. The van der Waals surface area contributed by atoms with Crippen molar-refractivity contribution in [3.63, 3.8) is 0 Å². The van der Waals surface area contributed by atoms with Gasteiger partial charge in [-0.2, -0.15) is 11.8 Å². The normalized spacial score (nSPS) is 24.8. The zero-order valence-electron chi connectivity index (χ0n) is 11.4. The van der Waals surface area contributed by atoms with Crippen molar-refractivity contribution in [2.75, 3.05) is 11.5 Å². The third kappa shape index (κ3) is 3.91. The summed E-state index contributed by atoms with van der Waals surface area (Å²) in [5, 5.41) is 4.55. The van der Waals surface area contributed by atoms with E-state index in [1.165, 1.54) is 23.5 Å². The number of rotatable bonds is 3. The predicted octanol–water partition coefficient (Wildman–Crippen LogP) is 4.52. The van der Waals surface area contributed by atoms with Gasteiger partial charge in [-0.1, -0.05) is 37.6 Å². The van der Waals surface area contributed by atoms with Crippen molar-refractivity contribution in [3.8, 4) is 0 Å². The van der Waals surface area contributed by atoms with E-state index in [1.54, 1.807) is 0 Å². The zero-order chi connectivity index (χ0) is 13.2. The lowest BCUT2D eigenvalue weighted by atomic mass is 9.87. The van der Waals surface area contributed by atoms with Crippen LogP contribution >= 0.6 is 23.4 Å². The maximum absolute atomic E-state index is 5.92. The smallest absolute Gasteiger partial charge is 0.0406 e. The molecule has 2 atom stereocenters. The highest BCUT2D eigenvalue weighted by atomic mass is 35.5. The lowest BCUT2D eigenvalue weighted by Gasteiger charge is -2.36. The van der Waals surface area contributed by atoms with Crippen molar-refractivity contribution in [1.82, 2.24) is 5.32 Å². The van der Waals surface area contributed by atoms with Gasteiger partial charge in [-0.25, -0.2) is 0 Å². The summed E-state index contributed by atoms with van der Waals surface area (Å²) in [6.07, 6.45) is 1.26. The molecule has 100 valence electrons. The lowest BCUT2D eigenvalue weighted by Crippen LogP contribution is -2.41. The molecular formula is C15H22ClNS. The van der Waals surface area contributed by atoms with E-state index in [4.69, 9.17) is 11.6 Å². The van der Waals surface area contributed by atoms with Crippen molar-refractivity contribution in [1.29, 1.82) is 0 Å². The van der Waals surface area contributed by atoms with Gasteiger partial charge in [0.1, 0.15) is 0 Å². The van der Waals surface area contributed by atoms with Crippen LogP contribution in [0.1, 0.15) is 38.8 Å². The molecule has 1 N–H and O–H groups in total. The van der Waals surface area contributed by atoms with Gasteiger partial charge in [-0.3, -0.25) is 0 Å². The van der Waals surface area contributed by atoms with Gasteiger partial charge in [0.2, 0.25) is 0 Å². The van der Waals surface area contributed by atoms with Gasteiger partial charge in [-0.15, -0.1) is 0 Å². The minimum absolute atomic E-state index is 0.391. The standard InChI is InChI=1S/C15H22ClNS/c1-11(12-4-6-13(16)7-5-12)17-14-8-15(2,3)10-18-9-14/h4-7,11,14,17H,8-10H2,1-3H3/t11-,14?/m0/s1. The number of hydrogen-bond donors (Lipinski definition) is 1. The van der Waals surface area contributed by atoms with Crippen LogP contribution < -0.4 is 5.32 Å². The second-order valence-corrected chi connectivity index (χ2v) is 7.49. The van der Waals surface area contributed by atoms with E-state index in [1.807, 2.05) is 12.1 Å². The Hall–Kier alpha value is -0.180. The van der Waals surface area contributed by atoms with E-state index in [-0.39, 0.29) is 0 Å². The highest BCUT2D eigenvalue weighted by Gasteiger charge is 2.29. The van der Waals surface area contributed by atoms with E-state index in [2.05, 4.69) is 50.0 Å². The Kier molecular flexibility index (Phi) is 4.63. The average Bonchev–Trinajstić information content (AvgIpc) is 2.28. The molecular weight excluding hydrogens is 262 g/mol. The number of hydrogen-bond acceptors (Lipinski definition) is 2. The molecule has 1 aromatic carbocycles. The van der Waals surface area contributed by atoms with Crippen LogP contribution in [0.25, 0.3) is 0 Å². The van der Waals surface area contributed by atoms with Gasteiger partial charge in [-0.05, 0) is 42.2 Å². The quantitative estimate of drug-likeness (QED) is 0.875. The second kappa shape index (κ2) is 5.85. The van der Waals surface area contributed by atoms with E-state index in [0.717, 1.165) is 5.02 Å². The molecule has 0 aromatic heterocycles. The third-order valence-corrected chi connectivity index (χ3v) is 5.34. The van der Waals surface area contributed by atoms with Crippen LogP contribution in [0.15, 0.2) is 24.3 Å². The molecule has 0 spiro atoms. The molecule has 3 heteroatoms. The lowest BCUT2D eigenvalue weighted by molar-refractivity contribution is 0.305. The van der Waals surface area contributed by atoms with Crippen LogP contribution in [0.5, 0.6) is 0 Å². The fourth-order valence-corrected chi connectivity index (χ4v) is 3.98. The molecule has 1 nitrogen and oxygen atoms in total. The first-order valence-electron chi connectivity index (χ1n) is 6.55. The van der Waals surface area contributed by atoms with Gasteiger partial charge in [0.25, 0.3) is 0 Å². The Morgan fingerprint density at radius 2 is 2.00 bits per heavy atom. The van der Waals surface area contributed by atoms with Gasteiger partial charge < -0.3 is 5.32 Å². The molecule has 1 aliphatic heterocycles. The van der Waals surface area contributed by atoms with Crippen molar-refractivity contribution in [2.24, 2.45) is 5.41 Å². The summed E-state index contributed by atoms with van der Waals surface area (Å²) in [6.45, 7) is 6.96. The molecule has 1 aromatic rings. The Morgan fingerprint density at radius 1 is 1.33 bits per heavy atom. The van der Waals surface area contributed by atoms with Crippen LogP contribution in [-0.2, 0) is 0 Å². The maximum atomic E-state index is 5.92. The molecule has 0 radical (unpaired) electrons. The van der Waals surface area contributed by atoms with Gasteiger partial charge in [0.15, 0.2) is 0 Å². The van der Waals surface area contributed by atoms with Crippen molar-refractivity contribution in [2.45, 2.75) is 39.3 Å². The van der Waals surface area contributed by atoms with Crippen molar-refractivity contribution < 1.29 is 0 Å². The van der Waals surface area contributed by atoms with Crippen LogP contribution in [0, 0.1) is 5.41 Å². The molecule has 0 saturated carbocycles. The zero-order valence-corrected chi connectivity index (χ0v) is 12.9. The molecule has 1 heterocycles. The first-order valence-corrected chi connectivity index (χ1v) is 8.09. The van der Waals surface area contributed by atoms with Gasteiger partial charge in [0, 0.05) is 22.9 Å². The first-order chi connectivity index (χ1) is 8.46. The van der Waals surface area contributed by atoms with Crippen LogP contribution in [-0.4, -0.2) is 17.5 Å². The van der Waals surface area contributed by atoms with Crippen molar-refractivity contribution >= 4 is 23.4 Å². The summed E-state index contributed by atoms with van der Waals surface area (Å²) in [5.74, 6) is 2.50. The molecule has 2 rings (SSSR count). The minimum Gasteiger partial charge on any atom is -0.307 e. The molecule has 1 unspecified atom stereocenters. The maximum Gasteiger partial charge on any atom is 0.0406 e. The van der Waals surface area contributed by atoms with Crippen LogP contribution in [0.2, 0.25) is 5.02 Å². The third-order valence-electron chi connectivity index (χ3n) is 3.47. The molecule has 0 amide bonds. The molecule has 1 saturated heterocycles. The monoisotopic (exact) mass is 283 g/mol. The number of benzene rings is 1. The highest BCUT2D eigenvalue weighted by Crippen LogP contribution is 2.34. The fourth-order valence-electron chi connectivity index (χ4n) is 2.57. The second-order valence-electron chi connectivity index (χ2n) is 6.02. The Labute approximate surface area is 120 Å². The SMILES string of the molecule is C[C@H](NC1CSCC(C)(C)C1)c1ccc(Cl)cc1. The largest absolute Gasteiger partial charge is 0.307 e. The van der Waals surface area contributed by atoms with Gasteiger partial charge in [0.05, 0.1) is 0 Å². The summed E-state index contributed by atoms with van der Waals surface area (Å²) >= 11 is 7.99. The van der Waals surface area contributed by atoms with Crippen LogP contribution in [0.3, 0.4) is 0 Å². The topological polar surface area (TPSA) is 12.0 Å². The first kappa shape index (κ1) is 14.2. The van der Waals surface area contributed by atoms with Gasteiger partial charge >= 0.3 is 0 Å². The molecule has 1 fully saturated rings. The van der Waals surface area contributed by atoms with E-state index >= 15 is 0 Å². The number of nitrogens with one attached hydrogen (secondary N) is 1. The minimum atomic E-state index is 0.391. The van der Waals surface area contributed by atoms with E-state index < -0.39 is 0 Å². The highest BCUT2D eigenvalue weighted by molar-refractivity contribution is 7.99. The average molecular weight is 284 g/mol. The predicted molar refractivity (Wildman–Crippen MR) is 82.5 cm³/mol. The van der Waals surface area contributed by atoms with E-state index in [9.17, 15) is 0 Å².